The maximum atomic E-state index is 5.61. The van der Waals surface area contributed by atoms with Gasteiger partial charge < -0.3 is 15.0 Å². The Balaban J connectivity index is 1.54. The molecule has 2 aliphatic heterocycles. The minimum absolute atomic E-state index is 0.258. The molecule has 2 saturated heterocycles. The van der Waals surface area contributed by atoms with Gasteiger partial charge in [0.25, 0.3) is 0 Å². The summed E-state index contributed by atoms with van der Waals surface area (Å²) < 4.78 is 7.40. The van der Waals surface area contributed by atoms with Crippen LogP contribution in [0.2, 0.25) is 0 Å². The highest BCUT2D eigenvalue weighted by atomic mass is 16.5. The molecule has 0 aliphatic carbocycles. The summed E-state index contributed by atoms with van der Waals surface area (Å²) in [5.41, 5.74) is 1.73. The highest BCUT2D eigenvalue weighted by molar-refractivity contribution is 5.85. The summed E-state index contributed by atoms with van der Waals surface area (Å²) >= 11 is 0. The lowest BCUT2D eigenvalue weighted by atomic mass is 10.1. The van der Waals surface area contributed by atoms with Crippen LogP contribution in [0.4, 0.5) is 5.82 Å². The number of H-pyrrole nitrogens is 1. The molecule has 9 heteroatoms. The first-order valence-corrected chi connectivity index (χ1v) is 10.4. The predicted octanol–water partition coefficient (Wildman–Crippen LogP) is 0.625. The Kier molecular flexibility index (Phi) is 5.36. The van der Waals surface area contributed by atoms with E-state index in [9.17, 15) is 0 Å². The zero-order valence-electron chi connectivity index (χ0n) is 17.1. The van der Waals surface area contributed by atoms with Crippen molar-refractivity contribution < 1.29 is 4.74 Å². The van der Waals surface area contributed by atoms with E-state index >= 15 is 0 Å². The Labute approximate surface area is 175 Å². The number of pyridine rings is 1. The van der Waals surface area contributed by atoms with Crippen LogP contribution < -0.4 is 10.2 Å². The zero-order chi connectivity index (χ0) is 20.3. The van der Waals surface area contributed by atoms with Gasteiger partial charge in [-0.15, -0.1) is 0 Å². The molecule has 2 aliphatic rings. The highest BCUT2D eigenvalue weighted by Gasteiger charge is 2.22. The van der Waals surface area contributed by atoms with Gasteiger partial charge in [0.1, 0.15) is 5.82 Å². The second kappa shape index (κ2) is 8.44. The molecule has 0 amide bonds. The number of nitrogens with zero attached hydrogens (tertiary/aromatic N) is 6. The number of hydrogen-bond donors (Lipinski definition) is 2. The molecule has 5 rings (SSSR count). The molecule has 0 saturated carbocycles. The number of ether oxygens (including phenoxy) is 1. The number of aromatic nitrogens is 5. The quantitative estimate of drug-likeness (QED) is 0.617. The van der Waals surface area contributed by atoms with Crippen LogP contribution in [0.25, 0.3) is 16.9 Å². The molecule has 0 unspecified atom stereocenters. The van der Waals surface area contributed by atoms with E-state index in [2.05, 4.69) is 55.2 Å². The minimum Gasteiger partial charge on any atom is -0.377 e. The fourth-order valence-electron chi connectivity index (χ4n) is 3.96. The predicted molar refractivity (Wildman–Crippen MR) is 115 cm³/mol. The van der Waals surface area contributed by atoms with Crippen LogP contribution in [0, 0.1) is 11.8 Å². The number of anilines is 1. The van der Waals surface area contributed by atoms with E-state index < -0.39 is 0 Å². The van der Waals surface area contributed by atoms with Crippen LogP contribution in [0.15, 0.2) is 24.5 Å². The van der Waals surface area contributed by atoms with Crippen LogP contribution in [-0.2, 0) is 4.74 Å². The van der Waals surface area contributed by atoms with Gasteiger partial charge in [-0.05, 0) is 13.0 Å². The fourth-order valence-corrected chi connectivity index (χ4v) is 3.96. The Morgan fingerprint density at radius 1 is 1.27 bits per heavy atom. The van der Waals surface area contributed by atoms with Crippen molar-refractivity contribution >= 4 is 16.9 Å². The summed E-state index contributed by atoms with van der Waals surface area (Å²) in [6.07, 6.45) is 3.55. The number of nitrogens with one attached hydrogen (secondary N) is 2. The van der Waals surface area contributed by atoms with Crippen LogP contribution >= 0.6 is 0 Å². The third-order valence-corrected chi connectivity index (χ3v) is 5.64. The SMILES string of the molecule is C[C@@H]1COCCN1c1cc(C#CCN2CCNCC2)c2cnn(-c3ccn[nH]3)c2n1. The van der Waals surface area contributed by atoms with Crippen molar-refractivity contribution in [1.82, 2.24) is 35.2 Å². The van der Waals surface area contributed by atoms with Gasteiger partial charge in [-0.1, -0.05) is 11.8 Å². The molecule has 3 aromatic rings. The molecule has 9 nitrogen and oxygen atoms in total. The smallest absolute Gasteiger partial charge is 0.168 e. The summed E-state index contributed by atoms with van der Waals surface area (Å²) in [5, 5.41) is 15.9. The maximum Gasteiger partial charge on any atom is 0.168 e. The van der Waals surface area contributed by atoms with Gasteiger partial charge in [-0.2, -0.15) is 14.9 Å². The molecular weight excluding hydrogens is 380 g/mol. The first-order valence-electron chi connectivity index (χ1n) is 10.4. The van der Waals surface area contributed by atoms with Gasteiger partial charge in [-0.3, -0.25) is 10.00 Å². The third-order valence-electron chi connectivity index (χ3n) is 5.64. The van der Waals surface area contributed by atoms with Crippen molar-refractivity contribution in [2.24, 2.45) is 0 Å². The summed E-state index contributed by atoms with van der Waals surface area (Å²) in [5.74, 6) is 8.46. The number of rotatable bonds is 3. The molecule has 0 aromatic carbocycles. The molecule has 0 spiro atoms. The van der Waals surface area contributed by atoms with Crippen molar-refractivity contribution in [3.8, 4) is 17.7 Å². The second-order valence-electron chi connectivity index (χ2n) is 7.71. The monoisotopic (exact) mass is 406 g/mol. The number of fused-ring (bicyclic) bond motifs is 1. The molecule has 2 fully saturated rings. The van der Waals surface area contributed by atoms with E-state index in [1.807, 2.05) is 12.3 Å². The van der Waals surface area contributed by atoms with E-state index in [4.69, 9.17) is 9.72 Å². The van der Waals surface area contributed by atoms with E-state index in [1.54, 1.807) is 10.9 Å². The van der Waals surface area contributed by atoms with Crippen LogP contribution in [0.1, 0.15) is 12.5 Å². The average Bonchev–Trinajstić information content (AvgIpc) is 3.44. The van der Waals surface area contributed by atoms with E-state index in [0.717, 1.165) is 67.5 Å². The summed E-state index contributed by atoms with van der Waals surface area (Å²) in [6.45, 7) is 9.26. The summed E-state index contributed by atoms with van der Waals surface area (Å²) in [4.78, 5) is 9.62. The molecule has 2 N–H and O–H groups in total. The van der Waals surface area contributed by atoms with Crippen molar-refractivity contribution in [1.29, 1.82) is 0 Å². The van der Waals surface area contributed by atoms with E-state index in [1.165, 1.54) is 0 Å². The number of aromatic amines is 1. The molecule has 30 heavy (non-hydrogen) atoms. The van der Waals surface area contributed by atoms with Crippen molar-refractivity contribution in [3.05, 3.63) is 30.1 Å². The van der Waals surface area contributed by atoms with Gasteiger partial charge in [0.05, 0.1) is 43.6 Å². The average molecular weight is 406 g/mol. The normalized spacial score (nSPS) is 20.3. The second-order valence-corrected chi connectivity index (χ2v) is 7.71. The fraction of sp³-hybridized carbons (Fsp3) is 0.476. The number of piperazine rings is 1. The number of morpholine rings is 1. The first kappa shape index (κ1) is 19.1. The van der Waals surface area contributed by atoms with Gasteiger partial charge in [0.15, 0.2) is 11.5 Å². The molecule has 1 atom stereocenters. The lowest BCUT2D eigenvalue weighted by Crippen LogP contribution is -2.44. The van der Waals surface area contributed by atoms with Gasteiger partial charge >= 0.3 is 0 Å². The maximum absolute atomic E-state index is 5.61. The topological polar surface area (TPSA) is 87.1 Å². The summed E-state index contributed by atoms with van der Waals surface area (Å²) in [7, 11) is 0. The standard InChI is InChI=1S/C21H26N8O/c1-16-15-30-12-11-28(16)20-13-17(3-2-8-27-9-6-22-7-10-27)18-14-24-29(21(18)25-20)19-4-5-23-26-19/h4-5,13-14,16,22H,6-12,15H2,1H3,(H,23,26)/t16-/m1/s1. The first-order chi connectivity index (χ1) is 14.8. The third kappa shape index (κ3) is 3.77. The van der Waals surface area contributed by atoms with Gasteiger partial charge in [0, 0.05) is 44.4 Å². The molecule has 3 aromatic heterocycles. The molecule has 0 radical (unpaired) electrons. The number of hydrogen-bond acceptors (Lipinski definition) is 7. The highest BCUT2D eigenvalue weighted by Crippen LogP contribution is 2.26. The van der Waals surface area contributed by atoms with Crippen LogP contribution in [0.5, 0.6) is 0 Å². The lowest BCUT2D eigenvalue weighted by Gasteiger charge is -2.34. The van der Waals surface area contributed by atoms with E-state index in [-0.39, 0.29) is 6.04 Å². The van der Waals surface area contributed by atoms with Gasteiger partial charge in [0.2, 0.25) is 0 Å². The van der Waals surface area contributed by atoms with Crippen molar-refractivity contribution in [3.63, 3.8) is 0 Å². The Morgan fingerprint density at radius 3 is 2.97 bits per heavy atom. The van der Waals surface area contributed by atoms with Crippen LogP contribution in [0.3, 0.4) is 0 Å². The van der Waals surface area contributed by atoms with Gasteiger partial charge in [-0.25, -0.2) is 4.98 Å². The summed E-state index contributed by atoms with van der Waals surface area (Å²) in [6, 6.07) is 4.23. The van der Waals surface area contributed by atoms with Crippen molar-refractivity contribution in [2.75, 3.05) is 57.4 Å². The van der Waals surface area contributed by atoms with Crippen molar-refractivity contribution in [2.45, 2.75) is 13.0 Å². The molecular formula is C21H26N8O. The van der Waals surface area contributed by atoms with E-state index in [0.29, 0.717) is 13.2 Å². The zero-order valence-corrected chi connectivity index (χ0v) is 17.1. The minimum atomic E-state index is 0.258. The largest absolute Gasteiger partial charge is 0.377 e. The molecule has 0 bridgehead atoms. The van der Waals surface area contributed by atoms with Crippen LogP contribution in [-0.4, -0.2) is 88.4 Å². The Hall–Kier alpha value is -2.93. The Bertz CT molecular complexity index is 1060. The molecule has 156 valence electrons. The lowest BCUT2D eigenvalue weighted by molar-refractivity contribution is 0.0985. The Morgan fingerprint density at radius 2 is 2.17 bits per heavy atom. The molecule has 5 heterocycles.